The van der Waals surface area contributed by atoms with Crippen LogP contribution in [0.5, 0.6) is 0 Å². The van der Waals surface area contributed by atoms with Crippen molar-refractivity contribution in [2.24, 2.45) is 0 Å². The van der Waals surface area contributed by atoms with Crippen LogP contribution in [0, 0.1) is 0 Å². The van der Waals surface area contributed by atoms with Crippen molar-refractivity contribution in [2.75, 3.05) is 19.6 Å². The van der Waals surface area contributed by atoms with Crippen molar-refractivity contribution < 1.29 is 9.50 Å². The molecule has 2 aromatic carbocycles. The Morgan fingerprint density at radius 1 is 1.00 bits per heavy atom. The molecule has 4 rings (SSSR count). The maximum Gasteiger partial charge on any atom is 0.113 e. The largest absolute Gasteiger partial charge is 0.390 e. The number of para-hydroxylation sites is 2. The number of piperidine rings is 1. The lowest BCUT2D eigenvalue weighted by Gasteiger charge is -2.30. The van der Waals surface area contributed by atoms with Gasteiger partial charge in [0.25, 0.3) is 0 Å². The highest BCUT2D eigenvalue weighted by Gasteiger charge is 2.22. The number of alkyl halides is 1. The lowest BCUT2D eigenvalue weighted by atomic mass is 10.1. The van der Waals surface area contributed by atoms with Crippen LogP contribution < -0.4 is 0 Å². The van der Waals surface area contributed by atoms with Gasteiger partial charge in [-0.25, -0.2) is 4.39 Å². The topological polar surface area (TPSA) is 28.4 Å². The van der Waals surface area contributed by atoms with Crippen molar-refractivity contribution in [3.63, 3.8) is 0 Å². The van der Waals surface area contributed by atoms with Gasteiger partial charge in [-0.2, -0.15) is 0 Å². The zero-order chi connectivity index (χ0) is 16.5. The first-order valence-electron chi connectivity index (χ1n) is 8.73. The Hall–Kier alpha value is -1.91. The molecule has 1 fully saturated rings. The average Bonchev–Trinajstić information content (AvgIpc) is 2.90. The molecule has 0 bridgehead atoms. The minimum Gasteiger partial charge on any atom is -0.390 e. The Labute approximate surface area is 141 Å². The predicted octanol–water partition coefficient (Wildman–Crippen LogP) is 3.59. The molecule has 1 aliphatic rings. The summed E-state index contributed by atoms with van der Waals surface area (Å²) in [5.74, 6) is 0. The van der Waals surface area contributed by atoms with E-state index in [0.717, 1.165) is 24.0 Å². The molecule has 4 heteroatoms. The van der Waals surface area contributed by atoms with E-state index in [1.807, 2.05) is 29.2 Å². The van der Waals surface area contributed by atoms with Crippen molar-refractivity contribution in [3.8, 4) is 0 Å². The summed E-state index contributed by atoms with van der Waals surface area (Å²) in [6.07, 6.45) is 0.275. The number of halogens is 1. The molecule has 2 unspecified atom stereocenters. The molecule has 0 amide bonds. The predicted molar refractivity (Wildman–Crippen MR) is 96.0 cm³/mol. The van der Waals surface area contributed by atoms with Gasteiger partial charge in [0, 0.05) is 34.9 Å². The lowest BCUT2D eigenvalue weighted by molar-refractivity contribution is 0.0659. The highest BCUT2D eigenvalue weighted by molar-refractivity contribution is 6.07. The maximum absolute atomic E-state index is 13.5. The molecule has 1 saturated heterocycles. The van der Waals surface area contributed by atoms with Crippen LogP contribution in [-0.4, -0.2) is 46.5 Å². The molecule has 2 atom stereocenters. The number of β-amino-alcohol motifs (C(OH)–C–C–N with tert-alkyl or cyclic N) is 1. The number of nitrogens with zero attached hydrogens (tertiary/aromatic N) is 2. The van der Waals surface area contributed by atoms with E-state index in [2.05, 4.69) is 28.8 Å². The van der Waals surface area contributed by atoms with Crippen molar-refractivity contribution in [2.45, 2.75) is 31.7 Å². The molecule has 1 N–H and O–H groups in total. The number of aliphatic hydroxyl groups excluding tert-OH is 1. The fraction of sp³-hybridized carbons (Fsp3) is 0.400. The Balaban J connectivity index is 1.61. The van der Waals surface area contributed by atoms with Gasteiger partial charge in [-0.1, -0.05) is 36.4 Å². The number of aliphatic hydroxyl groups is 1. The summed E-state index contributed by atoms with van der Waals surface area (Å²) in [6, 6.07) is 16.6. The third kappa shape index (κ3) is 2.92. The lowest BCUT2D eigenvalue weighted by Crippen LogP contribution is -2.42. The summed E-state index contributed by atoms with van der Waals surface area (Å²) >= 11 is 0. The van der Waals surface area contributed by atoms with Gasteiger partial charge in [-0.3, -0.25) is 4.90 Å². The van der Waals surface area contributed by atoms with Crippen LogP contribution in [0.4, 0.5) is 4.39 Å². The van der Waals surface area contributed by atoms with Gasteiger partial charge in [0.15, 0.2) is 0 Å². The number of aromatic nitrogens is 1. The number of likely N-dealkylation sites (tertiary alicyclic amines) is 1. The highest BCUT2D eigenvalue weighted by atomic mass is 19.1. The van der Waals surface area contributed by atoms with Crippen LogP contribution in [-0.2, 0) is 6.54 Å². The highest BCUT2D eigenvalue weighted by Crippen LogP contribution is 2.29. The Morgan fingerprint density at radius 3 is 2.25 bits per heavy atom. The second-order valence-electron chi connectivity index (χ2n) is 6.80. The molecular formula is C20H23FN2O. The van der Waals surface area contributed by atoms with Crippen LogP contribution >= 0.6 is 0 Å². The molecule has 1 aliphatic heterocycles. The number of hydrogen-bond acceptors (Lipinski definition) is 2. The average molecular weight is 326 g/mol. The molecule has 0 aliphatic carbocycles. The quantitative estimate of drug-likeness (QED) is 0.794. The van der Waals surface area contributed by atoms with E-state index in [9.17, 15) is 9.50 Å². The number of benzene rings is 2. The molecule has 0 saturated carbocycles. The molecule has 2 heterocycles. The van der Waals surface area contributed by atoms with Crippen LogP contribution in [0.2, 0.25) is 0 Å². The van der Waals surface area contributed by atoms with E-state index in [4.69, 9.17) is 0 Å². The Bertz CT molecular complexity index is 791. The van der Waals surface area contributed by atoms with Gasteiger partial charge in [0.2, 0.25) is 0 Å². The van der Waals surface area contributed by atoms with Crippen LogP contribution in [0.25, 0.3) is 21.8 Å². The van der Waals surface area contributed by atoms with Crippen LogP contribution in [0.1, 0.15) is 12.8 Å². The molecule has 1 aromatic heterocycles. The third-order valence-corrected chi connectivity index (χ3v) is 4.99. The molecule has 24 heavy (non-hydrogen) atoms. The van der Waals surface area contributed by atoms with Crippen LogP contribution in [0.3, 0.4) is 0 Å². The normalized spacial score (nSPS) is 20.7. The fourth-order valence-corrected chi connectivity index (χ4v) is 3.93. The zero-order valence-corrected chi connectivity index (χ0v) is 13.7. The second-order valence-corrected chi connectivity index (χ2v) is 6.80. The van der Waals surface area contributed by atoms with Crippen molar-refractivity contribution in [1.29, 1.82) is 0 Å². The van der Waals surface area contributed by atoms with E-state index in [-0.39, 0.29) is 0 Å². The molecule has 0 spiro atoms. The summed E-state index contributed by atoms with van der Waals surface area (Å²) in [6.45, 7) is 2.39. The van der Waals surface area contributed by atoms with E-state index < -0.39 is 12.3 Å². The SMILES string of the molecule is OC(CN1CCCC(F)C1)Cn1c2ccccc2c2ccccc21. The van der Waals surface area contributed by atoms with Crippen molar-refractivity contribution in [3.05, 3.63) is 48.5 Å². The first-order valence-corrected chi connectivity index (χ1v) is 8.73. The van der Waals surface area contributed by atoms with Gasteiger partial charge in [0.1, 0.15) is 6.17 Å². The number of fused-ring (bicyclic) bond motifs is 3. The monoisotopic (exact) mass is 326 g/mol. The minimum atomic E-state index is -0.751. The van der Waals surface area contributed by atoms with Crippen molar-refractivity contribution in [1.82, 2.24) is 9.47 Å². The van der Waals surface area contributed by atoms with E-state index >= 15 is 0 Å². The molecular weight excluding hydrogens is 303 g/mol. The Morgan fingerprint density at radius 2 is 1.62 bits per heavy atom. The van der Waals surface area contributed by atoms with Gasteiger partial charge in [0.05, 0.1) is 12.6 Å². The molecule has 3 nitrogen and oxygen atoms in total. The summed E-state index contributed by atoms with van der Waals surface area (Å²) in [5, 5.41) is 13.0. The molecule has 126 valence electrons. The number of hydrogen-bond donors (Lipinski definition) is 1. The van der Waals surface area contributed by atoms with Gasteiger partial charge < -0.3 is 9.67 Å². The standard InChI is InChI=1S/C20H23FN2O/c21-15-6-5-11-22(12-15)13-16(24)14-23-19-9-3-1-7-17(19)18-8-2-4-10-20(18)23/h1-4,7-10,15-16,24H,5-6,11-14H2. The summed E-state index contributed by atoms with van der Waals surface area (Å²) in [4.78, 5) is 2.05. The first-order chi connectivity index (χ1) is 11.7. The summed E-state index contributed by atoms with van der Waals surface area (Å²) < 4.78 is 15.7. The van der Waals surface area contributed by atoms with E-state index in [0.29, 0.717) is 26.1 Å². The number of rotatable bonds is 4. The maximum atomic E-state index is 13.5. The smallest absolute Gasteiger partial charge is 0.113 e. The first kappa shape index (κ1) is 15.6. The summed E-state index contributed by atoms with van der Waals surface area (Å²) in [7, 11) is 0. The second kappa shape index (κ2) is 6.54. The van der Waals surface area contributed by atoms with Gasteiger partial charge >= 0.3 is 0 Å². The third-order valence-electron chi connectivity index (χ3n) is 4.99. The molecule has 0 radical (unpaired) electrons. The minimum absolute atomic E-state index is 0.449. The summed E-state index contributed by atoms with van der Waals surface area (Å²) in [5.41, 5.74) is 2.28. The Kier molecular flexibility index (Phi) is 4.25. The van der Waals surface area contributed by atoms with E-state index in [1.165, 1.54) is 10.8 Å². The van der Waals surface area contributed by atoms with Crippen molar-refractivity contribution >= 4 is 21.8 Å². The van der Waals surface area contributed by atoms with E-state index in [1.54, 1.807) is 0 Å². The fourth-order valence-electron chi connectivity index (χ4n) is 3.93. The van der Waals surface area contributed by atoms with Crippen LogP contribution in [0.15, 0.2) is 48.5 Å². The van der Waals surface area contributed by atoms with Gasteiger partial charge in [-0.05, 0) is 31.5 Å². The molecule has 3 aromatic rings. The van der Waals surface area contributed by atoms with Gasteiger partial charge in [-0.15, -0.1) is 0 Å². The zero-order valence-electron chi connectivity index (χ0n) is 13.7.